The predicted octanol–water partition coefficient (Wildman–Crippen LogP) is 2.89. The Hall–Kier alpha value is -2.08. The molecule has 0 fully saturated rings. The van der Waals surface area contributed by atoms with Crippen LogP contribution in [0.2, 0.25) is 0 Å². The van der Waals surface area contributed by atoms with Crippen LogP contribution in [0.5, 0.6) is 5.75 Å². The number of rotatable bonds is 7. The second kappa shape index (κ2) is 9.15. The zero-order chi connectivity index (χ0) is 16.5. The lowest BCUT2D eigenvalue weighted by atomic mass is 10.2. The van der Waals surface area contributed by atoms with Crippen molar-refractivity contribution in [1.29, 1.82) is 0 Å². The quantitative estimate of drug-likeness (QED) is 0.465. The van der Waals surface area contributed by atoms with E-state index >= 15 is 0 Å². The summed E-state index contributed by atoms with van der Waals surface area (Å²) < 4.78 is 5.78. The van der Waals surface area contributed by atoms with Gasteiger partial charge in [-0.25, -0.2) is 9.98 Å². The van der Waals surface area contributed by atoms with Gasteiger partial charge in [0, 0.05) is 17.6 Å². The third-order valence-electron chi connectivity index (χ3n) is 3.13. The van der Waals surface area contributed by atoms with Crippen LogP contribution in [0.25, 0.3) is 0 Å². The van der Waals surface area contributed by atoms with E-state index in [4.69, 9.17) is 4.74 Å². The molecule has 6 heteroatoms. The van der Waals surface area contributed by atoms with E-state index in [0.717, 1.165) is 28.8 Å². The fraction of sp³-hybridized carbons (Fsp3) is 0.412. The summed E-state index contributed by atoms with van der Waals surface area (Å²) in [7, 11) is 0. The largest absolute Gasteiger partial charge is 0.491 e. The van der Waals surface area contributed by atoms with Crippen molar-refractivity contribution in [2.24, 2.45) is 4.99 Å². The Bertz CT molecular complexity index is 639. The minimum Gasteiger partial charge on any atom is -0.491 e. The average Bonchev–Trinajstić information content (AvgIpc) is 2.96. The molecule has 0 spiro atoms. The summed E-state index contributed by atoms with van der Waals surface area (Å²) in [6.07, 6.45) is 1.88. The molecule has 1 aromatic heterocycles. The van der Waals surface area contributed by atoms with Crippen molar-refractivity contribution in [3.63, 3.8) is 0 Å². The summed E-state index contributed by atoms with van der Waals surface area (Å²) in [5, 5.41) is 7.53. The van der Waals surface area contributed by atoms with Gasteiger partial charge in [-0.2, -0.15) is 0 Å². The fourth-order valence-corrected chi connectivity index (χ4v) is 2.72. The lowest BCUT2D eigenvalue weighted by Gasteiger charge is -2.12. The average molecular weight is 332 g/mol. The third kappa shape index (κ3) is 5.90. The van der Waals surface area contributed by atoms with Gasteiger partial charge in [0.25, 0.3) is 0 Å². The Morgan fingerprint density at radius 3 is 2.78 bits per heavy atom. The molecular formula is C17H24N4OS. The Labute approximate surface area is 141 Å². The van der Waals surface area contributed by atoms with E-state index in [-0.39, 0.29) is 0 Å². The number of aliphatic imine (C=N–C) groups is 1. The van der Waals surface area contributed by atoms with E-state index in [1.54, 1.807) is 11.3 Å². The number of hydrogen-bond donors (Lipinski definition) is 2. The van der Waals surface area contributed by atoms with Crippen LogP contribution in [0.3, 0.4) is 0 Å². The molecule has 0 bridgehead atoms. The van der Waals surface area contributed by atoms with Crippen LogP contribution in [-0.2, 0) is 6.54 Å². The van der Waals surface area contributed by atoms with E-state index < -0.39 is 0 Å². The molecule has 0 saturated heterocycles. The molecule has 0 atom stereocenters. The number of nitrogens with one attached hydrogen (secondary N) is 2. The van der Waals surface area contributed by atoms with Gasteiger partial charge in [0.1, 0.15) is 17.4 Å². The molecule has 2 rings (SSSR count). The second-order valence-corrected chi connectivity index (χ2v) is 6.42. The van der Waals surface area contributed by atoms with Crippen molar-refractivity contribution in [1.82, 2.24) is 15.6 Å². The topological polar surface area (TPSA) is 58.5 Å². The van der Waals surface area contributed by atoms with E-state index in [2.05, 4.69) is 34.5 Å². The van der Waals surface area contributed by atoms with Gasteiger partial charge in [-0.3, -0.25) is 0 Å². The first-order valence-corrected chi connectivity index (χ1v) is 8.62. The van der Waals surface area contributed by atoms with Gasteiger partial charge in [-0.05, 0) is 32.4 Å². The maximum absolute atomic E-state index is 5.78. The normalized spacial score (nSPS) is 11.3. The number of benzene rings is 1. The van der Waals surface area contributed by atoms with Crippen molar-refractivity contribution in [3.05, 3.63) is 45.9 Å². The summed E-state index contributed by atoms with van der Waals surface area (Å²) in [6.45, 7) is 8.84. The van der Waals surface area contributed by atoms with Gasteiger partial charge in [0.05, 0.1) is 13.1 Å². The van der Waals surface area contributed by atoms with Gasteiger partial charge < -0.3 is 15.4 Å². The van der Waals surface area contributed by atoms with Gasteiger partial charge in [0.15, 0.2) is 5.96 Å². The molecule has 0 unspecified atom stereocenters. The molecule has 2 N–H and O–H groups in total. The number of aromatic nitrogens is 1. The minimum absolute atomic E-state index is 0.589. The van der Waals surface area contributed by atoms with Crippen LogP contribution >= 0.6 is 11.3 Å². The minimum atomic E-state index is 0.589. The zero-order valence-electron chi connectivity index (χ0n) is 13.9. The number of aryl methyl sites for hydroxylation is 2. The van der Waals surface area contributed by atoms with Crippen LogP contribution in [0.4, 0.5) is 0 Å². The van der Waals surface area contributed by atoms with Gasteiger partial charge in [-0.15, -0.1) is 11.3 Å². The van der Waals surface area contributed by atoms with Crippen LogP contribution in [0.1, 0.15) is 22.4 Å². The molecule has 1 heterocycles. The van der Waals surface area contributed by atoms with Gasteiger partial charge in [0.2, 0.25) is 0 Å². The predicted molar refractivity (Wildman–Crippen MR) is 96.3 cm³/mol. The van der Waals surface area contributed by atoms with Crippen molar-refractivity contribution >= 4 is 17.3 Å². The van der Waals surface area contributed by atoms with E-state index in [9.17, 15) is 0 Å². The van der Waals surface area contributed by atoms with Crippen LogP contribution in [0, 0.1) is 13.8 Å². The molecule has 0 aliphatic carbocycles. The van der Waals surface area contributed by atoms with Crippen molar-refractivity contribution < 1.29 is 4.74 Å². The van der Waals surface area contributed by atoms with Gasteiger partial charge >= 0.3 is 0 Å². The number of ether oxygens (including phenoxy) is 1. The highest BCUT2D eigenvalue weighted by Crippen LogP contribution is 2.15. The molecule has 0 aliphatic rings. The lowest BCUT2D eigenvalue weighted by Crippen LogP contribution is -2.39. The van der Waals surface area contributed by atoms with Crippen molar-refractivity contribution in [3.8, 4) is 5.75 Å². The van der Waals surface area contributed by atoms with E-state index in [0.29, 0.717) is 19.7 Å². The molecule has 5 nitrogen and oxygen atoms in total. The third-order valence-corrected chi connectivity index (χ3v) is 4.03. The molecule has 0 amide bonds. The van der Waals surface area contributed by atoms with Crippen molar-refractivity contribution in [2.75, 3.05) is 19.7 Å². The number of hydrogen-bond acceptors (Lipinski definition) is 4. The Morgan fingerprint density at radius 1 is 1.26 bits per heavy atom. The highest BCUT2D eigenvalue weighted by Gasteiger charge is 2.01. The van der Waals surface area contributed by atoms with Crippen LogP contribution in [0.15, 0.2) is 35.5 Å². The van der Waals surface area contributed by atoms with E-state index in [1.165, 1.54) is 4.88 Å². The maximum Gasteiger partial charge on any atom is 0.191 e. The Kier molecular flexibility index (Phi) is 6.87. The molecule has 0 radical (unpaired) electrons. The highest BCUT2D eigenvalue weighted by molar-refractivity contribution is 7.11. The first kappa shape index (κ1) is 17.3. The van der Waals surface area contributed by atoms with Crippen molar-refractivity contribution in [2.45, 2.75) is 27.3 Å². The summed E-state index contributed by atoms with van der Waals surface area (Å²) >= 11 is 1.68. The Morgan fingerprint density at radius 2 is 2.09 bits per heavy atom. The van der Waals surface area contributed by atoms with Gasteiger partial charge in [-0.1, -0.05) is 18.2 Å². The lowest BCUT2D eigenvalue weighted by molar-refractivity contribution is 0.320. The Balaban J connectivity index is 1.79. The molecule has 0 saturated carbocycles. The standard InChI is InChI=1S/C17H24N4OS/c1-4-18-17(21-12-16-20-11-14(3)23-16)19-9-10-22-15-8-6-5-7-13(15)2/h5-8,11H,4,9-10,12H2,1-3H3,(H2,18,19,21). The zero-order valence-corrected chi connectivity index (χ0v) is 14.7. The summed E-state index contributed by atoms with van der Waals surface area (Å²) in [5.74, 6) is 1.71. The summed E-state index contributed by atoms with van der Waals surface area (Å²) in [4.78, 5) is 10.1. The maximum atomic E-state index is 5.78. The molecule has 2 aromatic rings. The molecule has 124 valence electrons. The number of nitrogens with zero attached hydrogens (tertiary/aromatic N) is 2. The number of guanidine groups is 1. The fourth-order valence-electron chi connectivity index (χ4n) is 2.01. The second-order valence-electron chi connectivity index (χ2n) is 5.10. The molecule has 1 aromatic carbocycles. The smallest absolute Gasteiger partial charge is 0.191 e. The van der Waals surface area contributed by atoms with E-state index in [1.807, 2.05) is 37.4 Å². The summed E-state index contributed by atoms with van der Waals surface area (Å²) in [5.41, 5.74) is 1.15. The molecular weight excluding hydrogens is 308 g/mol. The summed E-state index contributed by atoms with van der Waals surface area (Å²) in [6, 6.07) is 8.03. The highest BCUT2D eigenvalue weighted by atomic mass is 32.1. The molecule has 23 heavy (non-hydrogen) atoms. The molecule has 0 aliphatic heterocycles. The SMILES string of the molecule is CCNC(=NCc1ncc(C)s1)NCCOc1ccccc1C. The monoisotopic (exact) mass is 332 g/mol. The first-order chi connectivity index (χ1) is 11.2. The first-order valence-electron chi connectivity index (χ1n) is 7.81. The number of thiazole rings is 1. The van der Waals surface area contributed by atoms with Crippen LogP contribution < -0.4 is 15.4 Å². The number of para-hydroxylation sites is 1. The van der Waals surface area contributed by atoms with Crippen LogP contribution in [-0.4, -0.2) is 30.6 Å².